The van der Waals surface area contributed by atoms with Gasteiger partial charge in [0.25, 0.3) is 11.8 Å². The van der Waals surface area contributed by atoms with Crippen molar-refractivity contribution in [3.63, 3.8) is 0 Å². The molecule has 0 saturated heterocycles. The molecule has 3 fully saturated rings. The molecule has 3 aliphatic rings. The quantitative estimate of drug-likeness (QED) is 0.355. The lowest BCUT2D eigenvalue weighted by Crippen LogP contribution is -2.50. The number of hydrogen-bond acceptors (Lipinski definition) is 6. The van der Waals surface area contributed by atoms with Crippen LogP contribution in [0.4, 0.5) is 17.6 Å². The van der Waals surface area contributed by atoms with E-state index in [-0.39, 0.29) is 35.5 Å². The molecule has 2 aromatic heterocycles. The van der Waals surface area contributed by atoms with Crippen LogP contribution in [0.2, 0.25) is 0 Å². The van der Waals surface area contributed by atoms with Crippen LogP contribution in [0.1, 0.15) is 65.1 Å². The number of amides is 2. The number of fused-ring (bicyclic) bond motifs is 4. The van der Waals surface area contributed by atoms with E-state index in [0.717, 1.165) is 28.9 Å². The third-order valence-corrected chi connectivity index (χ3v) is 7.96. The summed E-state index contributed by atoms with van der Waals surface area (Å²) in [6.45, 7) is 0.0946. The molecule has 0 aliphatic heterocycles. The van der Waals surface area contributed by atoms with Crippen LogP contribution in [0.3, 0.4) is 0 Å². The van der Waals surface area contributed by atoms with Crippen LogP contribution in [0.5, 0.6) is 5.75 Å². The van der Waals surface area contributed by atoms with E-state index >= 15 is 0 Å². The first kappa shape index (κ1) is 27.3. The zero-order valence-electron chi connectivity index (χ0n) is 21.1. The fourth-order valence-corrected chi connectivity index (χ4v) is 5.55. The van der Waals surface area contributed by atoms with Gasteiger partial charge in [0.15, 0.2) is 11.5 Å². The molecule has 6 rings (SSSR count). The molecule has 3 aliphatic carbocycles. The van der Waals surface area contributed by atoms with E-state index in [1.807, 2.05) is 0 Å². The van der Waals surface area contributed by atoms with Gasteiger partial charge in [-0.1, -0.05) is 12.1 Å². The number of carbonyl (C=O) groups excluding carboxylic acids is 2. The molecule has 0 unspecified atom stereocenters. The average molecular weight is 564 g/mol. The van der Waals surface area contributed by atoms with Crippen molar-refractivity contribution < 1.29 is 41.8 Å². The number of carboxylic acids is 1. The van der Waals surface area contributed by atoms with Gasteiger partial charge in [0.05, 0.1) is 11.6 Å². The van der Waals surface area contributed by atoms with E-state index in [4.69, 9.17) is 0 Å². The van der Waals surface area contributed by atoms with Crippen molar-refractivity contribution in [1.29, 1.82) is 0 Å². The smallest absolute Gasteiger partial charge is 0.481 e. The van der Waals surface area contributed by atoms with Crippen LogP contribution in [0.15, 0.2) is 36.5 Å². The third kappa shape index (κ3) is 5.42. The van der Waals surface area contributed by atoms with E-state index < -0.39 is 41.1 Å². The van der Waals surface area contributed by atoms with Gasteiger partial charge in [-0.2, -0.15) is 5.10 Å². The predicted octanol–water partition coefficient (Wildman–Crippen LogP) is 3.85. The Morgan fingerprint density at radius 1 is 1.02 bits per heavy atom. The van der Waals surface area contributed by atoms with E-state index in [9.17, 15) is 37.1 Å². The van der Waals surface area contributed by atoms with Crippen LogP contribution in [0, 0.1) is 16.6 Å². The van der Waals surface area contributed by atoms with Crippen molar-refractivity contribution in [1.82, 2.24) is 25.2 Å². The van der Waals surface area contributed by atoms with Crippen LogP contribution in [-0.2, 0) is 11.3 Å². The zero-order valence-corrected chi connectivity index (χ0v) is 21.1. The number of carboxylic acid groups (broad SMARTS) is 1. The molecule has 0 radical (unpaired) electrons. The maximum atomic E-state index is 14.4. The normalized spacial score (nSPS) is 22.2. The highest BCUT2D eigenvalue weighted by molar-refractivity contribution is 5.98. The summed E-state index contributed by atoms with van der Waals surface area (Å²) in [5.41, 5.74) is -1.40. The van der Waals surface area contributed by atoms with E-state index in [1.165, 1.54) is 12.1 Å². The van der Waals surface area contributed by atoms with E-state index in [0.29, 0.717) is 44.1 Å². The monoisotopic (exact) mass is 563 g/mol. The van der Waals surface area contributed by atoms with Gasteiger partial charge in [0, 0.05) is 19.2 Å². The highest BCUT2D eigenvalue weighted by Gasteiger charge is 2.52. The van der Waals surface area contributed by atoms with Crippen LogP contribution in [-0.4, -0.2) is 50.4 Å². The number of aliphatic carboxylic acids is 1. The van der Waals surface area contributed by atoms with Crippen LogP contribution < -0.4 is 15.4 Å². The summed E-state index contributed by atoms with van der Waals surface area (Å²) >= 11 is 0. The van der Waals surface area contributed by atoms with Gasteiger partial charge in [0.1, 0.15) is 17.1 Å². The molecule has 40 heavy (non-hydrogen) atoms. The van der Waals surface area contributed by atoms with Crippen molar-refractivity contribution in [2.45, 2.75) is 51.4 Å². The lowest BCUT2D eigenvalue weighted by atomic mass is 9.53. The molecule has 1 aromatic carbocycles. The van der Waals surface area contributed by atoms with Crippen molar-refractivity contribution in [3.8, 4) is 5.75 Å². The van der Waals surface area contributed by atoms with Crippen LogP contribution in [0.25, 0.3) is 5.65 Å². The third-order valence-electron chi connectivity index (χ3n) is 7.96. The molecule has 3 saturated carbocycles. The molecule has 2 heterocycles. The minimum absolute atomic E-state index is 0.137. The SMILES string of the molecule is O=C(NCc1cccc(OC(F)(F)F)c1)c1cc(C(=O)NCC23CCC(C(=O)O)(CC2)CC3)n2ncc(F)c2n1. The Hall–Kier alpha value is -4.23. The van der Waals surface area contributed by atoms with Crippen molar-refractivity contribution in [3.05, 3.63) is 59.3 Å². The fraction of sp³-hybridized carbons (Fsp3) is 0.423. The zero-order chi connectivity index (χ0) is 28.7. The molecule has 0 atom stereocenters. The Labute approximate surface area is 224 Å². The molecule has 0 spiro atoms. The number of nitrogens with zero attached hydrogens (tertiary/aromatic N) is 3. The molecular weight excluding hydrogens is 538 g/mol. The second kappa shape index (κ2) is 10.1. The molecule has 3 N–H and O–H groups in total. The number of halogens is 4. The minimum atomic E-state index is -4.87. The molecule has 212 valence electrons. The highest BCUT2D eigenvalue weighted by atomic mass is 19.4. The summed E-state index contributed by atoms with van der Waals surface area (Å²) in [5, 5.41) is 18.8. The summed E-state index contributed by atoms with van der Waals surface area (Å²) in [7, 11) is 0. The average Bonchev–Trinajstić information content (AvgIpc) is 3.30. The van der Waals surface area contributed by atoms with Gasteiger partial charge in [-0.3, -0.25) is 14.4 Å². The van der Waals surface area contributed by atoms with Gasteiger partial charge in [-0.15, -0.1) is 13.2 Å². The standard InChI is InChI=1S/C26H25F4N5O5/c27-17-13-33-35-19(22(37)32-14-24-4-7-25(8-5-24,9-6-24)23(38)39)11-18(34-20(17)35)21(36)31-12-15-2-1-3-16(10-15)40-26(28,29)30/h1-3,10-11,13H,4-9,12,14H2,(H,31,36)(H,32,37)(H,38,39). The Bertz CT molecular complexity index is 1460. The maximum absolute atomic E-state index is 14.4. The lowest BCUT2D eigenvalue weighted by Gasteiger charge is -2.51. The van der Waals surface area contributed by atoms with Gasteiger partial charge < -0.3 is 20.5 Å². The summed E-state index contributed by atoms with van der Waals surface area (Å²) in [6.07, 6.45) is -0.420. The molecule has 2 amide bonds. The number of rotatable bonds is 8. The first-order valence-electron chi connectivity index (χ1n) is 12.6. The highest BCUT2D eigenvalue weighted by Crippen LogP contribution is 2.56. The Kier molecular flexibility index (Phi) is 6.88. The molecule has 14 heteroatoms. The van der Waals surface area contributed by atoms with Crippen molar-refractivity contribution in [2.24, 2.45) is 10.8 Å². The topological polar surface area (TPSA) is 135 Å². The number of alkyl halides is 3. The first-order chi connectivity index (χ1) is 18.9. The largest absolute Gasteiger partial charge is 0.573 e. The Morgan fingerprint density at radius 3 is 2.38 bits per heavy atom. The van der Waals surface area contributed by atoms with Crippen molar-refractivity contribution >= 4 is 23.4 Å². The maximum Gasteiger partial charge on any atom is 0.573 e. The van der Waals surface area contributed by atoms with Gasteiger partial charge >= 0.3 is 12.3 Å². The molecular formula is C26H25F4N5O5. The first-order valence-corrected chi connectivity index (χ1v) is 12.6. The number of benzene rings is 1. The number of carbonyl (C=O) groups is 3. The lowest BCUT2D eigenvalue weighted by molar-refractivity contribution is -0.274. The Morgan fingerprint density at radius 2 is 1.73 bits per heavy atom. The predicted molar refractivity (Wildman–Crippen MR) is 130 cm³/mol. The number of aromatic nitrogens is 3. The summed E-state index contributed by atoms with van der Waals surface area (Å²) < 4.78 is 56.8. The van der Waals surface area contributed by atoms with E-state index in [1.54, 1.807) is 0 Å². The number of hydrogen-bond donors (Lipinski definition) is 3. The Balaban J connectivity index is 1.29. The van der Waals surface area contributed by atoms with Gasteiger partial charge in [-0.05, 0) is 61.6 Å². The molecule has 10 nitrogen and oxygen atoms in total. The van der Waals surface area contributed by atoms with Crippen LogP contribution >= 0.6 is 0 Å². The second-order valence-corrected chi connectivity index (χ2v) is 10.4. The summed E-state index contributed by atoms with van der Waals surface area (Å²) in [5.74, 6) is -3.50. The van der Waals surface area contributed by atoms with Crippen molar-refractivity contribution in [2.75, 3.05) is 6.54 Å². The van der Waals surface area contributed by atoms with Gasteiger partial charge in [-0.25, -0.2) is 13.9 Å². The number of nitrogens with one attached hydrogen (secondary N) is 2. The summed E-state index contributed by atoms with van der Waals surface area (Å²) in [6, 6.07) is 6.19. The number of ether oxygens (including phenoxy) is 1. The van der Waals surface area contributed by atoms with Gasteiger partial charge in [0.2, 0.25) is 0 Å². The summed E-state index contributed by atoms with van der Waals surface area (Å²) in [4.78, 5) is 41.7. The molecule has 2 bridgehead atoms. The minimum Gasteiger partial charge on any atom is -0.481 e. The van der Waals surface area contributed by atoms with E-state index in [2.05, 4.69) is 25.5 Å². The second-order valence-electron chi connectivity index (χ2n) is 10.4. The fourth-order valence-electron chi connectivity index (χ4n) is 5.55. The molecule has 3 aromatic rings.